The second kappa shape index (κ2) is 12.2. The van der Waals surface area contributed by atoms with Crippen LogP contribution in [0, 0.1) is 0 Å². The first kappa shape index (κ1) is 30.0. The molecule has 0 radical (unpaired) electrons. The van der Waals surface area contributed by atoms with E-state index in [9.17, 15) is 22.8 Å². The van der Waals surface area contributed by atoms with E-state index in [2.05, 4.69) is 34.0 Å². The minimum absolute atomic E-state index is 0.0314. The number of amides is 2. The van der Waals surface area contributed by atoms with E-state index in [4.69, 9.17) is 9.47 Å². The topological polar surface area (TPSA) is 106 Å². The third-order valence-electron chi connectivity index (χ3n) is 8.41. The van der Waals surface area contributed by atoms with E-state index in [1.807, 2.05) is 18.2 Å². The maximum Gasteiger partial charge on any atom is 0.416 e. The summed E-state index contributed by atoms with van der Waals surface area (Å²) in [6.45, 7) is 6.42. The van der Waals surface area contributed by atoms with Crippen molar-refractivity contribution in [3.63, 3.8) is 0 Å². The summed E-state index contributed by atoms with van der Waals surface area (Å²) in [5.74, 6) is -0.888. The smallest absolute Gasteiger partial charge is 0.416 e. The molecule has 2 aromatic heterocycles. The van der Waals surface area contributed by atoms with Gasteiger partial charge in [0.05, 0.1) is 48.3 Å². The molecule has 0 aliphatic carbocycles. The molecule has 3 aromatic rings. The van der Waals surface area contributed by atoms with Crippen molar-refractivity contribution in [2.24, 2.45) is 0 Å². The largest absolute Gasteiger partial charge is 0.491 e. The molecule has 2 amide bonds. The van der Waals surface area contributed by atoms with Crippen molar-refractivity contribution >= 4 is 11.8 Å². The molecule has 3 aliphatic rings. The number of piperazine rings is 1. The van der Waals surface area contributed by atoms with Crippen molar-refractivity contribution < 1.29 is 32.2 Å². The second-order valence-corrected chi connectivity index (χ2v) is 11.7. The first-order valence-electron chi connectivity index (χ1n) is 14.7. The first-order valence-corrected chi connectivity index (χ1v) is 14.7. The number of ether oxygens (including phenoxy) is 2. The number of fused-ring (bicyclic) bond motifs is 3. The van der Waals surface area contributed by atoms with Crippen LogP contribution in [0.1, 0.15) is 47.6 Å². The van der Waals surface area contributed by atoms with Crippen molar-refractivity contribution in [2.75, 3.05) is 32.8 Å². The summed E-state index contributed by atoms with van der Waals surface area (Å²) >= 11 is 0. The average molecular weight is 614 g/mol. The third kappa shape index (κ3) is 6.27. The van der Waals surface area contributed by atoms with Crippen LogP contribution in [-0.2, 0) is 28.9 Å². The van der Waals surface area contributed by atoms with E-state index < -0.39 is 29.8 Å². The Bertz CT molecular complexity index is 1500. The number of nitrogens with zero attached hydrogens (tertiary/aromatic N) is 7. The van der Waals surface area contributed by atoms with Crippen LogP contribution in [0.15, 0.2) is 48.8 Å². The molecule has 0 unspecified atom stereocenters. The molecule has 234 valence electrons. The number of hydrogen-bond acceptors (Lipinski definition) is 8. The Morgan fingerprint density at radius 3 is 2.66 bits per heavy atom. The van der Waals surface area contributed by atoms with Crippen LogP contribution < -0.4 is 4.74 Å². The number of pyridine rings is 1. The highest BCUT2D eigenvalue weighted by molar-refractivity contribution is 6.00. The number of benzene rings is 1. The van der Waals surface area contributed by atoms with Crippen molar-refractivity contribution in [2.45, 2.75) is 63.8 Å². The molecule has 3 aliphatic heterocycles. The zero-order chi connectivity index (χ0) is 31.0. The summed E-state index contributed by atoms with van der Waals surface area (Å²) in [4.78, 5) is 37.5. The number of hydrogen-bond donors (Lipinski definition) is 0. The van der Waals surface area contributed by atoms with Gasteiger partial charge < -0.3 is 19.3 Å². The van der Waals surface area contributed by atoms with Crippen LogP contribution in [0.5, 0.6) is 5.75 Å². The molecule has 5 heterocycles. The van der Waals surface area contributed by atoms with Crippen LogP contribution >= 0.6 is 0 Å². The fourth-order valence-electron chi connectivity index (χ4n) is 6.03. The summed E-state index contributed by atoms with van der Waals surface area (Å²) in [5.41, 5.74) is 0.198. The summed E-state index contributed by atoms with van der Waals surface area (Å²) in [5, 5.41) is 8.29. The van der Waals surface area contributed by atoms with Crippen LogP contribution in [-0.4, -0.2) is 104 Å². The van der Waals surface area contributed by atoms with Gasteiger partial charge in [-0.25, -0.2) is 4.68 Å². The Labute approximate surface area is 252 Å². The van der Waals surface area contributed by atoms with Crippen molar-refractivity contribution in [3.05, 3.63) is 71.3 Å². The maximum atomic E-state index is 14.0. The molecule has 2 saturated heterocycles. The number of alkyl halides is 3. The van der Waals surface area contributed by atoms with Gasteiger partial charge in [0, 0.05) is 44.8 Å². The Hall–Kier alpha value is -4.04. The molecule has 0 bridgehead atoms. The lowest BCUT2D eigenvalue weighted by atomic mass is 10.0. The molecule has 0 spiro atoms. The lowest BCUT2D eigenvalue weighted by molar-refractivity contribution is -0.142. The van der Waals surface area contributed by atoms with Gasteiger partial charge in [0.2, 0.25) is 5.91 Å². The molecular weight excluding hydrogens is 579 g/mol. The Morgan fingerprint density at radius 2 is 1.91 bits per heavy atom. The van der Waals surface area contributed by atoms with Gasteiger partial charge in [0.25, 0.3) is 5.91 Å². The van der Waals surface area contributed by atoms with Gasteiger partial charge in [-0.1, -0.05) is 11.3 Å². The Morgan fingerprint density at radius 1 is 1.07 bits per heavy atom. The molecule has 6 rings (SSSR count). The van der Waals surface area contributed by atoms with Crippen molar-refractivity contribution in [3.8, 4) is 5.75 Å². The highest BCUT2D eigenvalue weighted by Gasteiger charge is 2.46. The first-order chi connectivity index (χ1) is 21.1. The maximum absolute atomic E-state index is 14.0. The van der Waals surface area contributed by atoms with E-state index in [0.29, 0.717) is 31.9 Å². The molecular formula is C30H34F3N7O4. The quantitative estimate of drug-likeness (QED) is 0.418. The lowest BCUT2D eigenvalue weighted by Gasteiger charge is -2.44. The highest BCUT2D eigenvalue weighted by atomic mass is 19.4. The van der Waals surface area contributed by atoms with Crippen LogP contribution in [0.4, 0.5) is 13.2 Å². The monoisotopic (exact) mass is 613 g/mol. The zero-order valence-corrected chi connectivity index (χ0v) is 24.5. The molecule has 2 fully saturated rings. The minimum atomic E-state index is -4.65. The molecule has 0 N–H and O–H groups in total. The SMILES string of the molecule is CC(C)N1CCN2C(=O)[C@@H]3C[C@@H](OCc4cn(Cc5ccccn5)nn4)CN3C(=O)c3cc(C(F)(F)F)ccc3OC[C@@H]2C1. The van der Waals surface area contributed by atoms with Crippen LogP contribution in [0.25, 0.3) is 0 Å². The van der Waals surface area contributed by atoms with E-state index in [1.165, 1.54) is 11.0 Å². The fraction of sp³-hybridized carbons (Fsp3) is 0.500. The van der Waals surface area contributed by atoms with Crippen LogP contribution in [0.3, 0.4) is 0 Å². The van der Waals surface area contributed by atoms with Crippen molar-refractivity contribution in [1.82, 2.24) is 34.7 Å². The molecule has 3 atom stereocenters. The van der Waals surface area contributed by atoms with Gasteiger partial charge in [-0.15, -0.1) is 5.10 Å². The third-order valence-corrected chi connectivity index (χ3v) is 8.41. The molecule has 1 aromatic carbocycles. The van der Waals surface area contributed by atoms with E-state index in [1.54, 1.807) is 22.0 Å². The van der Waals surface area contributed by atoms with E-state index >= 15 is 0 Å². The molecule has 11 nitrogen and oxygen atoms in total. The highest BCUT2D eigenvalue weighted by Crippen LogP contribution is 2.36. The van der Waals surface area contributed by atoms with Gasteiger partial charge in [-0.2, -0.15) is 13.2 Å². The summed E-state index contributed by atoms with van der Waals surface area (Å²) in [6, 6.07) is 7.53. The second-order valence-electron chi connectivity index (χ2n) is 11.7. The zero-order valence-electron chi connectivity index (χ0n) is 24.5. The average Bonchev–Trinajstić information content (AvgIpc) is 3.64. The van der Waals surface area contributed by atoms with Gasteiger partial charge >= 0.3 is 6.18 Å². The number of carbonyl (C=O) groups excluding carboxylic acids is 2. The number of carbonyl (C=O) groups is 2. The Kier molecular flexibility index (Phi) is 8.29. The van der Waals surface area contributed by atoms with E-state index in [0.717, 1.165) is 17.8 Å². The molecule has 44 heavy (non-hydrogen) atoms. The van der Waals surface area contributed by atoms with Crippen molar-refractivity contribution in [1.29, 1.82) is 0 Å². The summed E-state index contributed by atoms with van der Waals surface area (Å²) < 4.78 is 54.7. The minimum Gasteiger partial charge on any atom is -0.491 e. The predicted molar refractivity (Wildman–Crippen MR) is 151 cm³/mol. The number of rotatable bonds is 6. The van der Waals surface area contributed by atoms with Crippen LogP contribution in [0.2, 0.25) is 0 Å². The summed E-state index contributed by atoms with van der Waals surface area (Å²) in [6.07, 6.45) is -1.55. The number of halogens is 3. The Balaban J connectivity index is 1.24. The van der Waals surface area contributed by atoms with Gasteiger partial charge in [-0.3, -0.25) is 19.5 Å². The number of aromatic nitrogens is 4. The van der Waals surface area contributed by atoms with E-state index in [-0.39, 0.29) is 55.5 Å². The summed E-state index contributed by atoms with van der Waals surface area (Å²) in [7, 11) is 0. The molecule has 14 heteroatoms. The standard InChI is InChI=1S/C30H34F3N7O4/c1-19(2)37-9-10-39-23(15-37)18-44-27-7-6-20(30(31,32)33)11-25(27)28(41)40-16-24(12-26(40)29(39)42)43-17-22-14-38(36-35-22)13-21-5-3-4-8-34-21/h3-8,11,14,19,23-24,26H,9-10,12-13,15-18H2,1-2H3/t23-,24+,26-/m0/s1. The van der Waals surface area contributed by atoms with Gasteiger partial charge in [-0.05, 0) is 44.2 Å². The lowest BCUT2D eigenvalue weighted by Crippen LogP contribution is -2.62. The van der Waals surface area contributed by atoms with Gasteiger partial charge in [0.1, 0.15) is 24.1 Å². The molecule has 0 saturated carbocycles. The van der Waals surface area contributed by atoms with Gasteiger partial charge in [0.15, 0.2) is 0 Å². The predicted octanol–water partition coefficient (Wildman–Crippen LogP) is 2.85. The normalized spacial score (nSPS) is 22.9. The fourth-order valence-corrected chi connectivity index (χ4v) is 6.03.